The number of likely N-dealkylation sites (tertiary alicyclic amines) is 1. The van der Waals surface area contributed by atoms with Gasteiger partial charge in [-0.05, 0) is 31.5 Å². The van der Waals surface area contributed by atoms with Crippen LogP contribution in [0.3, 0.4) is 0 Å². The van der Waals surface area contributed by atoms with Crippen LogP contribution in [-0.4, -0.2) is 29.6 Å². The molecule has 0 aromatic heterocycles. The second-order valence-electron chi connectivity index (χ2n) is 4.15. The number of hydrogen-bond acceptors (Lipinski definition) is 2. The summed E-state index contributed by atoms with van der Waals surface area (Å²) in [5.74, 6) is 0. The quantitative estimate of drug-likeness (QED) is 0.817. The molecule has 0 bridgehead atoms. The highest BCUT2D eigenvalue weighted by Gasteiger charge is 2.16. The average Bonchev–Trinajstić information content (AvgIpc) is 2.31. The number of hydrogen-bond donors (Lipinski definition) is 1. The van der Waals surface area contributed by atoms with Crippen LogP contribution >= 0.6 is 0 Å². The Morgan fingerprint density at radius 1 is 1.07 bits per heavy atom. The number of nitrogens with zero attached hydrogens (tertiary/aromatic N) is 1. The monoisotopic (exact) mass is 204 g/mol. The summed E-state index contributed by atoms with van der Waals surface area (Å²) < 4.78 is 0. The third kappa shape index (κ3) is 3.05. The molecule has 0 aliphatic carbocycles. The molecule has 2 nitrogen and oxygen atoms in total. The Morgan fingerprint density at radius 3 is 2.40 bits per heavy atom. The van der Waals surface area contributed by atoms with Gasteiger partial charge in [-0.3, -0.25) is 4.90 Å². The molecular weight excluding hydrogens is 186 g/mol. The largest absolute Gasteiger partial charge is 0.380 e. The van der Waals surface area contributed by atoms with Gasteiger partial charge in [0.25, 0.3) is 0 Å². The van der Waals surface area contributed by atoms with E-state index in [4.69, 9.17) is 0 Å². The van der Waals surface area contributed by atoms with Gasteiger partial charge in [-0.1, -0.05) is 36.8 Å². The van der Waals surface area contributed by atoms with E-state index in [0.717, 1.165) is 18.7 Å². The highest BCUT2D eigenvalue weighted by atomic mass is 16.3. The summed E-state index contributed by atoms with van der Waals surface area (Å²) in [6.07, 6.45) is 4.37. The minimum Gasteiger partial charge on any atom is -0.380 e. The van der Waals surface area contributed by atoms with Gasteiger partial charge in [-0.25, -0.2) is 0 Å². The molecule has 15 heavy (non-hydrogen) atoms. The van der Waals surface area contributed by atoms with Crippen LogP contribution in [0.4, 0.5) is 0 Å². The van der Waals surface area contributed by atoms with E-state index in [0.29, 0.717) is 12.6 Å². The van der Waals surface area contributed by atoms with E-state index < -0.39 is 0 Å². The van der Waals surface area contributed by atoms with Crippen LogP contribution in [0.15, 0.2) is 30.3 Å². The average molecular weight is 204 g/mol. The van der Waals surface area contributed by atoms with Gasteiger partial charge >= 0.3 is 0 Å². The molecule has 81 valence electrons. The Hall–Kier alpha value is -0.860. The highest BCUT2D eigenvalue weighted by Crippen LogP contribution is 2.16. The van der Waals surface area contributed by atoms with Crippen LogP contribution in [0.1, 0.15) is 24.8 Å². The summed E-state index contributed by atoms with van der Waals surface area (Å²) in [5.41, 5.74) is 0.947. The van der Waals surface area contributed by atoms with E-state index in [1.807, 2.05) is 30.3 Å². The minimum absolute atomic E-state index is 0.498. The van der Waals surface area contributed by atoms with Crippen LogP contribution in [-0.2, 0) is 0 Å². The van der Waals surface area contributed by atoms with Gasteiger partial charge < -0.3 is 5.11 Å². The second kappa shape index (κ2) is 5.29. The standard InChI is InChI=1S/C13H18NO/c15-13(12-7-3-1-4-8-12)11-14-9-5-2-6-10-14/h1,3-4,7-8,15H,2,5-6,9-11H2. The molecule has 2 heteroatoms. The molecule has 2 rings (SSSR count). The third-order valence-electron chi connectivity index (χ3n) is 2.93. The second-order valence-corrected chi connectivity index (χ2v) is 4.15. The van der Waals surface area contributed by atoms with Crippen molar-refractivity contribution in [2.45, 2.75) is 19.3 Å². The first-order chi connectivity index (χ1) is 7.36. The zero-order valence-corrected chi connectivity index (χ0v) is 9.02. The molecule has 1 N–H and O–H groups in total. The van der Waals surface area contributed by atoms with Crippen molar-refractivity contribution in [3.05, 3.63) is 42.0 Å². The summed E-state index contributed by atoms with van der Waals surface area (Å²) >= 11 is 0. The van der Waals surface area contributed by atoms with Crippen LogP contribution in [0.25, 0.3) is 0 Å². The molecule has 0 spiro atoms. The van der Waals surface area contributed by atoms with Gasteiger partial charge in [0.1, 0.15) is 6.10 Å². The predicted octanol–water partition coefficient (Wildman–Crippen LogP) is 2.43. The molecule has 0 saturated carbocycles. The maximum absolute atomic E-state index is 9.95. The SMILES string of the molecule is O[C](CN1CCCCC1)c1ccccc1. The molecule has 0 atom stereocenters. The third-order valence-corrected chi connectivity index (χ3v) is 2.93. The fraction of sp³-hybridized carbons (Fsp3) is 0.462. The van der Waals surface area contributed by atoms with Crippen molar-refractivity contribution in [2.75, 3.05) is 19.6 Å². The lowest BCUT2D eigenvalue weighted by atomic mass is 10.1. The zero-order valence-electron chi connectivity index (χ0n) is 9.02. The summed E-state index contributed by atoms with van der Waals surface area (Å²) in [6.45, 7) is 2.94. The molecule has 1 aromatic rings. The van der Waals surface area contributed by atoms with E-state index in [1.165, 1.54) is 19.3 Å². The van der Waals surface area contributed by atoms with Crippen molar-refractivity contribution in [1.82, 2.24) is 4.90 Å². The number of piperidine rings is 1. The van der Waals surface area contributed by atoms with Crippen molar-refractivity contribution in [3.63, 3.8) is 0 Å². The van der Waals surface area contributed by atoms with Crippen molar-refractivity contribution in [2.24, 2.45) is 0 Å². The number of aliphatic hydroxyl groups is 1. The van der Waals surface area contributed by atoms with Gasteiger partial charge in [0.2, 0.25) is 0 Å². The van der Waals surface area contributed by atoms with E-state index >= 15 is 0 Å². The molecule has 1 saturated heterocycles. The number of rotatable bonds is 3. The summed E-state index contributed by atoms with van der Waals surface area (Å²) in [5, 5.41) is 9.95. The predicted molar refractivity (Wildman–Crippen MR) is 61.0 cm³/mol. The first kappa shape index (κ1) is 10.7. The number of aliphatic hydroxyl groups excluding tert-OH is 1. The molecule has 0 amide bonds. The van der Waals surface area contributed by atoms with Gasteiger partial charge in [-0.2, -0.15) is 0 Å². The van der Waals surface area contributed by atoms with E-state index in [1.54, 1.807) is 0 Å². The zero-order chi connectivity index (χ0) is 10.5. The maximum atomic E-state index is 9.95. The maximum Gasteiger partial charge on any atom is 0.136 e. The van der Waals surface area contributed by atoms with Crippen molar-refractivity contribution in [1.29, 1.82) is 0 Å². The minimum atomic E-state index is 0.498. The fourth-order valence-electron chi connectivity index (χ4n) is 2.05. The van der Waals surface area contributed by atoms with Crippen LogP contribution in [0.5, 0.6) is 0 Å². The van der Waals surface area contributed by atoms with E-state index in [2.05, 4.69) is 4.90 Å². The van der Waals surface area contributed by atoms with Gasteiger partial charge in [0.15, 0.2) is 0 Å². The van der Waals surface area contributed by atoms with Crippen molar-refractivity contribution in [3.8, 4) is 0 Å². The van der Waals surface area contributed by atoms with Gasteiger partial charge in [0, 0.05) is 6.54 Å². The Labute approximate surface area is 91.5 Å². The summed E-state index contributed by atoms with van der Waals surface area (Å²) in [4.78, 5) is 2.33. The lowest BCUT2D eigenvalue weighted by molar-refractivity contribution is 0.186. The molecule has 0 unspecified atom stereocenters. The molecule has 1 heterocycles. The summed E-state index contributed by atoms with van der Waals surface area (Å²) in [7, 11) is 0. The molecule has 1 fully saturated rings. The Bertz CT molecular complexity index is 280. The molecule has 1 radical (unpaired) electrons. The van der Waals surface area contributed by atoms with Crippen molar-refractivity contribution < 1.29 is 5.11 Å². The molecule has 1 aliphatic heterocycles. The fourth-order valence-corrected chi connectivity index (χ4v) is 2.05. The number of benzene rings is 1. The van der Waals surface area contributed by atoms with Crippen LogP contribution in [0.2, 0.25) is 0 Å². The Balaban J connectivity index is 1.88. The Kier molecular flexibility index (Phi) is 3.75. The summed E-state index contributed by atoms with van der Waals surface area (Å²) in [6, 6.07) is 9.81. The van der Waals surface area contributed by atoms with Crippen LogP contribution < -0.4 is 0 Å². The van der Waals surface area contributed by atoms with E-state index in [-0.39, 0.29) is 0 Å². The van der Waals surface area contributed by atoms with E-state index in [9.17, 15) is 5.11 Å². The molecular formula is C13H18NO. The Morgan fingerprint density at radius 2 is 1.73 bits per heavy atom. The van der Waals surface area contributed by atoms with Gasteiger partial charge in [-0.15, -0.1) is 0 Å². The first-order valence-electron chi connectivity index (χ1n) is 5.69. The highest BCUT2D eigenvalue weighted by molar-refractivity contribution is 5.26. The topological polar surface area (TPSA) is 23.5 Å². The molecule has 1 aromatic carbocycles. The van der Waals surface area contributed by atoms with Crippen LogP contribution in [0, 0.1) is 6.10 Å². The van der Waals surface area contributed by atoms with Gasteiger partial charge in [0.05, 0.1) is 0 Å². The lowest BCUT2D eigenvalue weighted by Gasteiger charge is -2.28. The first-order valence-corrected chi connectivity index (χ1v) is 5.69. The van der Waals surface area contributed by atoms with Crippen molar-refractivity contribution >= 4 is 0 Å². The molecule has 1 aliphatic rings. The lowest BCUT2D eigenvalue weighted by Crippen LogP contribution is -2.33. The smallest absolute Gasteiger partial charge is 0.136 e. The normalized spacial score (nSPS) is 18.3.